The maximum Gasteiger partial charge on any atom is 0.0681 e. The average Bonchev–Trinajstić information content (AvgIpc) is 3.20. The molecule has 0 unspecified atom stereocenters. The third-order valence-electron chi connectivity index (χ3n) is 9.33. The Morgan fingerprint density at radius 2 is 0.596 bits per heavy atom. The molecule has 0 fully saturated rings. The van der Waals surface area contributed by atoms with Crippen molar-refractivity contribution in [2.75, 3.05) is 9.80 Å². The maximum atomic E-state index is 9.56. The largest absolute Gasteiger partial charge is 0.392 e. The zero-order valence-corrected chi connectivity index (χ0v) is 29.5. The molecule has 7 aromatic carbocycles. The van der Waals surface area contributed by atoms with Crippen molar-refractivity contribution in [2.24, 2.45) is 0 Å². The number of anilines is 6. The van der Waals surface area contributed by atoms with Crippen LogP contribution in [-0.4, -0.2) is 10.2 Å². The maximum absolute atomic E-state index is 9.56. The van der Waals surface area contributed by atoms with Crippen LogP contribution in [0.2, 0.25) is 0 Å². The number of hydrogen-bond donors (Lipinski definition) is 2. The van der Waals surface area contributed by atoms with Crippen molar-refractivity contribution in [3.63, 3.8) is 0 Å². The molecule has 2 N–H and O–H groups in total. The standard InChI is InChI=1S/C48H42N2O2/c1-35-3-21-43(22-4-35)49(44-23-5-36(2)6-24-44)45-25-11-38(12-26-45)8-7-37-9-17-41(18-10-37)42-19-31-48(32-20-42)50(46-27-13-39(33-51)14-28-46)47-29-15-40(34-52)16-30-47/h3-32,51-52H,33-34H2,1-2H3/b8-7+. The summed E-state index contributed by atoms with van der Waals surface area (Å²) in [4.78, 5) is 4.47. The van der Waals surface area contributed by atoms with Crippen molar-refractivity contribution in [1.82, 2.24) is 0 Å². The number of hydrogen-bond acceptors (Lipinski definition) is 4. The molecular weight excluding hydrogens is 637 g/mol. The van der Waals surface area contributed by atoms with E-state index in [9.17, 15) is 10.2 Å². The Labute approximate surface area is 306 Å². The van der Waals surface area contributed by atoms with Crippen LogP contribution in [0.5, 0.6) is 0 Å². The Bertz CT molecular complexity index is 2130. The van der Waals surface area contributed by atoms with Crippen molar-refractivity contribution < 1.29 is 10.2 Å². The van der Waals surface area contributed by atoms with Crippen molar-refractivity contribution in [1.29, 1.82) is 0 Å². The molecule has 0 aliphatic rings. The van der Waals surface area contributed by atoms with Crippen molar-refractivity contribution >= 4 is 46.3 Å². The lowest BCUT2D eigenvalue weighted by Crippen LogP contribution is -2.10. The van der Waals surface area contributed by atoms with E-state index in [-0.39, 0.29) is 13.2 Å². The Kier molecular flexibility index (Phi) is 10.4. The first kappa shape index (κ1) is 34.3. The molecule has 4 heteroatoms. The van der Waals surface area contributed by atoms with Gasteiger partial charge in [-0.2, -0.15) is 0 Å². The van der Waals surface area contributed by atoms with E-state index >= 15 is 0 Å². The van der Waals surface area contributed by atoms with Crippen LogP contribution in [-0.2, 0) is 13.2 Å². The molecule has 52 heavy (non-hydrogen) atoms. The second kappa shape index (κ2) is 15.8. The quantitative estimate of drug-likeness (QED) is 0.134. The van der Waals surface area contributed by atoms with Gasteiger partial charge in [0.05, 0.1) is 13.2 Å². The zero-order valence-electron chi connectivity index (χ0n) is 29.5. The Balaban J connectivity index is 1.07. The molecule has 0 aliphatic carbocycles. The minimum absolute atomic E-state index is 0.00464. The fourth-order valence-electron chi connectivity index (χ4n) is 6.30. The van der Waals surface area contributed by atoms with Crippen LogP contribution in [0.1, 0.15) is 33.4 Å². The number of nitrogens with zero attached hydrogens (tertiary/aromatic N) is 2. The highest BCUT2D eigenvalue weighted by Gasteiger charge is 2.14. The Morgan fingerprint density at radius 3 is 0.923 bits per heavy atom. The lowest BCUT2D eigenvalue weighted by molar-refractivity contribution is 0.281. The highest BCUT2D eigenvalue weighted by molar-refractivity contribution is 5.80. The first-order chi connectivity index (χ1) is 25.5. The number of aliphatic hydroxyl groups excluding tert-OH is 2. The van der Waals surface area contributed by atoms with E-state index < -0.39 is 0 Å². The molecule has 7 rings (SSSR count). The van der Waals surface area contributed by atoms with Crippen LogP contribution in [0, 0.1) is 13.8 Å². The van der Waals surface area contributed by atoms with E-state index in [1.165, 1.54) is 11.1 Å². The van der Waals surface area contributed by atoms with Gasteiger partial charge in [0.25, 0.3) is 0 Å². The molecule has 0 bridgehead atoms. The SMILES string of the molecule is Cc1ccc(N(c2ccc(C)cc2)c2ccc(/C=C/c3ccc(-c4ccc(N(c5ccc(CO)cc5)c5ccc(CO)cc5)cc4)cc3)cc2)cc1. The Morgan fingerprint density at radius 1 is 0.346 bits per heavy atom. The fraction of sp³-hybridized carbons (Fsp3) is 0.0833. The predicted molar refractivity (Wildman–Crippen MR) is 218 cm³/mol. The molecule has 0 spiro atoms. The first-order valence-corrected chi connectivity index (χ1v) is 17.6. The summed E-state index contributed by atoms with van der Waals surface area (Å²) in [6.45, 7) is 4.24. The van der Waals surface area contributed by atoms with Crippen LogP contribution in [0.4, 0.5) is 34.1 Å². The summed E-state index contributed by atoms with van der Waals surface area (Å²) >= 11 is 0. The first-order valence-electron chi connectivity index (χ1n) is 17.6. The Hall–Kier alpha value is -6.20. The average molecular weight is 679 g/mol. The number of rotatable bonds is 11. The second-order valence-corrected chi connectivity index (χ2v) is 13.1. The molecule has 0 aliphatic heterocycles. The van der Waals surface area contributed by atoms with Crippen molar-refractivity contribution in [2.45, 2.75) is 27.1 Å². The number of aryl methyl sites for hydroxylation is 2. The molecule has 0 saturated carbocycles. The van der Waals surface area contributed by atoms with Crippen molar-refractivity contribution in [3.8, 4) is 11.1 Å². The molecule has 4 nitrogen and oxygen atoms in total. The lowest BCUT2D eigenvalue weighted by Gasteiger charge is -2.26. The normalized spacial score (nSPS) is 11.2. The second-order valence-electron chi connectivity index (χ2n) is 13.1. The molecule has 0 saturated heterocycles. The van der Waals surface area contributed by atoms with Gasteiger partial charge in [-0.25, -0.2) is 0 Å². The third-order valence-corrected chi connectivity index (χ3v) is 9.33. The van der Waals surface area contributed by atoms with Crippen LogP contribution in [0.25, 0.3) is 23.3 Å². The molecule has 0 amide bonds. The van der Waals surface area contributed by atoms with Gasteiger partial charge in [-0.15, -0.1) is 0 Å². The fourth-order valence-corrected chi connectivity index (χ4v) is 6.30. The van der Waals surface area contributed by atoms with Gasteiger partial charge in [0, 0.05) is 34.1 Å². The minimum atomic E-state index is 0.00464. The van der Waals surface area contributed by atoms with Gasteiger partial charge in [0.15, 0.2) is 0 Å². The highest BCUT2D eigenvalue weighted by Crippen LogP contribution is 2.37. The molecule has 0 atom stereocenters. The monoisotopic (exact) mass is 678 g/mol. The van der Waals surface area contributed by atoms with E-state index in [1.807, 2.05) is 48.5 Å². The topological polar surface area (TPSA) is 46.9 Å². The van der Waals surface area contributed by atoms with E-state index in [1.54, 1.807) is 0 Å². The van der Waals surface area contributed by atoms with Gasteiger partial charge >= 0.3 is 0 Å². The minimum Gasteiger partial charge on any atom is -0.392 e. The van der Waals surface area contributed by atoms with E-state index in [0.29, 0.717) is 0 Å². The van der Waals surface area contributed by atoms with Gasteiger partial charge < -0.3 is 20.0 Å². The zero-order chi connectivity index (χ0) is 35.9. The predicted octanol–water partition coefficient (Wildman–Crippen LogP) is 12.1. The summed E-state index contributed by atoms with van der Waals surface area (Å²) in [6, 6.07) is 59.1. The van der Waals surface area contributed by atoms with Gasteiger partial charge in [0.2, 0.25) is 0 Å². The molecule has 7 aromatic rings. The lowest BCUT2D eigenvalue weighted by atomic mass is 10.0. The van der Waals surface area contributed by atoms with Crippen LogP contribution in [0.3, 0.4) is 0 Å². The summed E-state index contributed by atoms with van der Waals surface area (Å²) in [7, 11) is 0. The summed E-state index contributed by atoms with van der Waals surface area (Å²) in [6.07, 6.45) is 4.31. The molecule has 0 radical (unpaired) electrons. The molecule has 256 valence electrons. The molecule has 0 aromatic heterocycles. The molecule has 0 heterocycles. The number of benzene rings is 7. The summed E-state index contributed by atoms with van der Waals surface area (Å²) < 4.78 is 0. The van der Waals surface area contributed by atoms with Gasteiger partial charge in [-0.3, -0.25) is 0 Å². The highest BCUT2D eigenvalue weighted by atomic mass is 16.3. The van der Waals surface area contributed by atoms with Gasteiger partial charge in [0.1, 0.15) is 0 Å². The van der Waals surface area contributed by atoms with E-state index in [4.69, 9.17) is 0 Å². The van der Waals surface area contributed by atoms with Crippen LogP contribution < -0.4 is 9.80 Å². The smallest absolute Gasteiger partial charge is 0.0681 e. The molecular formula is C48H42N2O2. The van der Waals surface area contributed by atoms with E-state index in [2.05, 4.69) is 157 Å². The summed E-state index contributed by atoms with van der Waals surface area (Å²) in [5.41, 5.74) is 15.1. The van der Waals surface area contributed by atoms with Gasteiger partial charge in [-0.1, -0.05) is 120 Å². The van der Waals surface area contributed by atoms with Gasteiger partial charge in [-0.05, 0) is 120 Å². The van der Waals surface area contributed by atoms with Crippen molar-refractivity contribution in [3.05, 3.63) is 203 Å². The summed E-state index contributed by atoms with van der Waals surface area (Å²) in [5, 5.41) is 19.1. The van der Waals surface area contributed by atoms with Crippen LogP contribution >= 0.6 is 0 Å². The number of aliphatic hydroxyl groups is 2. The van der Waals surface area contributed by atoms with E-state index in [0.717, 1.165) is 67.5 Å². The van der Waals surface area contributed by atoms with Crippen LogP contribution in [0.15, 0.2) is 170 Å². The third kappa shape index (κ3) is 7.90. The summed E-state index contributed by atoms with van der Waals surface area (Å²) in [5.74, 6) is 0.